The molecule has 0 unspecified atom stereocenters. The summed E-state index contributed by atoms with van der Waals surface area (Å²) in [6.45, 7) is 7.11. The van der Waals surface area contributed by atoms with E-state index in [1.54, 1.807) is 18.4 Å². The van der Waals surface area contributed by atoms with Gasteiger partial charge >= 0.3 is 0 Å². The van der Waals surface area contributed by atoms with Gasteiger partial charge in [-0.3, -0.25) is 14.6 Å². The van der Waals surface area contributed by atoms with Gasteiger partial charge in [-0.1, -0.05) is 30.3 Å². The van der Waals surface area contributed by atoms with Crippen LogP contribution in [0.15, 0.2) is 53.1 Å². The fourth-order valence-corrected chi connectivity index (χ4v) is 4.52. The Hall–Kier alpha value is -2.15. The second kappa shape index (κ2) is 9.11. The first-order valence-corrected chi connectivity index (χ1v) is 10.5. The first-order chi connectivity index (χ1) is 14.2. The lowest BCUT2D eigenvalue weighted by molar-refractivity contribution is -0.0321. The lowest BCUT2D eigenvalue weighted by Crippen LogP contribution is -2.65. The summed E-state index contributed by atoms with van der Waals surface area (Å²) < 4.78 is 11.2. The van der Waals surface area contributed by atoms with E-state index in [2.05, 4.69) is 29.0 Å². The second-order valence-electron chi connectivity index (χ2n) is 8.23. The predicted molar refractivity (Wildman–Crippen MR) is 112 cm³/mol. The van der Waals surface area contributed by atoms with Crippen LogP contribution in [0.5, 0.6) is 0 Å². The quantitative estimate of drug-likeness (QED) is 0.702. The van der Waals surface area contributed by atoms with Crippen molar-refractivity contribution in [3.05, 3.63) is 60.1 Å². The zero-order valence-corrected chi connectivity index (χ0v) is 17.3. The molecule has 2 aliphatic rings. The van der Waals surface area contributed by atoms with Crippen LogP contribution in [0.3, 0.4) is 0 Å². The minimum Gasteiger partial charge on any atom is -0.459 e. The monoisotopic (exact) mass is 397 g/mol. The van der Waals surface area contributed by atoms with E-state index in [0.29, 0.717) is 12.4 Å². The fourth-order valence-electron chi connectivity index (χ4n) is 4.52. The van der Waals surface area contributed by atoms with Crippen molar-refractivity contribution in [3.8, 4) is 0 Å². The summed E-state index contributed by atoms with van der Waals surface area (Å²) in [6, 6.07) is 13.8. The van der Waals surface area contributed by atoms with Crippen LogP contribution in [0.4, 0.5) is 0 Å². The molecule has 1 amide bonds. The molecule has 2 aliphatic heterocycles. The van der Waals surface area contributed by atoms with Gasteiger partial charge < -0.3 is 14.1 Å². The van der Waals surface area contributed by atoms with Crippen molar-refractivity contribution in [1.82, 2.24) is 14.7 Å². The van der Waals surface area contributed by atoms with E-state index in [9.17, 15) is 4.79 Å². The van der Waals surface area contributed by atoms with Gasteiger partial charge in [0.1, 0.15) is 0 Å². The minimum absolute atomic E-state index is 0.00878. The Morgan fingerprint density at radius 1 is 1.07 bits per heavy atom. The molecule has 6 nitrogen and oxygen atoms in total. The van der Waals surface area contributed by atoms with Crippen molar-refractivity contribution < 1.29 is 13.9 Å². The Bertz CT molecular complexity index is 770. The summed E-state index contributed by atoms with van der Waals surface area (Å²) in [5.41, 5.74) is 1.37. The molecule has 1 aromatic carbocycles. The number of hydrogen-bond acceptors (Lipinski definition) is 5. The van der Waals surface area contributed by atoms with Gasteiger partial charge in [-0.15, -0.1) is 0 Å². The summed E-state index contributed by atoms with van der Waals surface area (Å²) >= 11 is 0. The predicted octanol–water partition coefficient (Wildman–Crippen LogP) is 2.72. The number of amides is 1. The highest BCUT2D eigenvalue weighted by Crippen LogP contribution is 2.32. The molecule has 0 atom stereocenters. The number of rotatable bonds is 6. The number of piperidine rings is 1. The molecule has 1 spiro atoms. The van der Waals surface area contributed by atoms with Gasteiger partial charge in [0.15, 0.2) is 5.76 Å². The van der Waals surface area contributed by atoms with E-state index in [4.69, 9.17) is 9.15 Å². The molecular formula is C23H31N3O3. The largest absolute Gasteiger partial charge is 0.459 e. The van der Waals surface area contributed by atoms with Crippen LogP contribution >= 0.6 is 0 Å². The molecule has 0 bridgehead atoms. The molecule has 1 aromatic heterocycles. The highest BCUT2D eigenvalue weighted by Gasteiger charge is 2.43. The maximum absolute atomic E-state index is 12.6. The molecule has 29 heavy (non-hydrogen) atoms. The molecule has 2 saturated heterocycles. The maximum Gasteiger partial charge on any atom is 0.289 e. The molecule has 0 aliphatic carbocycles. The lowest BCUT2D eigenvalue weighted by Gasteiger charge is -2.53. The number of carbonyl (C=O) groups is 1. The van der Waals surface area contributed by atoms with Gasteiger partial charge in [0.25, 0.3) is 5.91 Å². The van der Waals surface area contributed by atoms with Crippen LogP contribution in [0, 0.1) is 0 Å². The lowest BCUT2D eigenvalue weighted by atomic mass is 9.83. The van der Waals surface area contributed by atoms with E-state index in [1.165, 1.54) is 5.56 Å². The number of furan rings is 1. The molecule has 4 rings (SSSR count). The van der Waals surface area contributed by atoms with E-state index in [0.717, 1.165) is 58.7 Å². The second-order valence-corrected chi connectivity index (χ2v) is 8.23. The summed E-state index contributed by atoms with van der Waals surface area (Å²) in [4.78, 5) is 19.5. The van der Waals surface area contributed by atoms with Gasteiger partial charge in [0.05, 0.1) is 19.5 Å². The van der Waals surface area contributed by atoms with Gasteiger partial charge in [-0.25, -0.2) is 0 Å². The Kier molecular flexibility index (Phi) is 6.33. The number of nitrogens with zero attached hydrogens (tertiary/aromatic N) is 3. The molecule has 6 heteroatoms. The zero-order valence-electron chi connectivity index (χ0n) is 17.3. The SMILES string of the molecule is CN1CCN(CCOCc2ccccc2)CC12CCN(C(=O)c1ccco1)CC2. The summed E-state index contributed by atoms with van der Waals surface area (Å²) in [6.07, 6.45) is 3.56. The molecule has 2 fully saturated rings. The smallest absolute Gasteiger partial charge is 0.289 e. The Labute approximate surface area is 173 Å². The zero-order chi connectivity index (χ0) is 20.1. The van der Waals surface area contributed by atoms with E-state index < -0.39 is 0 Å². The van der Waals surface area contributed by atoms with Crippen LogP contribution in [0.1, 0.15) is 29.0 Å². The highest BCUT2D eigenvalue weighted by molar-refractivity contribution is 5.91. The van der Waals surface area contributed by atoms with Crippen molar-refractivity contribution in [2.75, 3.05) is 52.9 Å². The topological polar surface area (TPSA) is 49.2 Å². The average molecular weight is 398 g/mol. The molecule has 0 saturated carbocycles. The van der Waals surface area contributed by atoms with Crippen molar-refractivity contribution in [1.29, 1.82) is 0 Å². The number of benzene rings is 1. The summed E-state index contributed by atoms with van der Waals surface area (Å²) in [5, 5.41) is 0. The van der Waals surface area contributed by atoms with Gasteiger partial charge in [0, 0.05) is 44.8 Å². The van der Waals surface area contributed by atoms with Gasteiger partial charge in [-0.2, -0.15) is 0 Å². The van der Waals surface area contributed by atoms with Crippen LogP contribution in [-0.4, -0.2) is 79.1 Å². The summed E-state index contributed by atoms with van der Waals surface area (Å²) in [7, 11) is 2.23. The maximum atomic E-state index is 12.6. The van der Waals surface area contributed by atoms with Gasteiger partial charge in [0.2, 0.25) is 0 Å². The van der Waals surface area contributed by atoms with Crippen molar-refractivity contribution in [2.45, 2.75) is 25.0 Å². The average Bonchev–Trinajstić information content (AvgIpc) is 3.30. The third-order valence-corrected chi connectivity index (χ3v) is 6.46. The fraction of sp³-hybridized carbons (Fsp3) is 0.522. The van der Waals surface area contributed by atoms with Crippen LogP contribution in [0.2, 0.25) is 0 Å². The van der Waals surface area contributed by atoms with Crippen molar-refractivity contribution >= 4 is 5.91 Å². The standard InChI is InChI=1S/C23H31N3O3/c1-24-13-14-25(15-17-28-18-20-6-3-2-4-7-20)19-23(24)9-11-26(12-10-23)22(27)21-8-5-16-29-21/h2-8,16H,9-15,17-19H2,1H3. The molecule has 3 heterocycles. The molecule has 156 valence electrons. The molecule has 0 N–H and O–H groups in total. The van der Waals surface area contributed by atoms with Crippen LogP contribution in [-0.2, 0) is 11.3 Å². The molecular weight excluding hydrogens is 366 g/mol. The molecule has 0 radical (unpaired) electrons. The van der Waals surface area contributed by atoms with Crippen molar-refractivity contribution in [3.63, 3.8) is 0 Å². The third-order valence-electron chi connectivity index (χ3n) is 6.46. The van der Waals surface area contributed by atoms with Crippen LogP contribution in [0.25, 0.3) is 0 Å². The van der Waals surface area contributed by atoms with Crippen LogP contribution < -0.4 is 0 Å². The Morgan fingerprint density at radius 2 is 1.86 bits per heavy atom. The Balaban J connectivity index is 1.26. The number of hydrogen-bond donors (Lipinski definition) is 0. The number of carbonyl (C=O) groups excluding carboxylic acids is 1. The Morgan fingerprint density at radius 3 is 2.59 bits per heavy atom. The van der Waals surface area contributed by atoms with E-state index >= 15 is 0 Å². The normalized spacial score (nSPS) is 20.2. The first-order valence-electron chi connectivity index (χ1n) is 10.5. The van der Waals surface area contributed by atoms with Gasteiger partial charge in [-0.05, 0) is 37.6 Å². The molecule has 2 aromatic rings. The van der Waals surface area contributed by atoms with Crippen molar-refractivity contribution in [2.24, 2.45) is 0 Å². The highest BCUT2D eigenvalue weighted by atomic mass is 16.5. The summed E-state index contributed by atoms with van der Waals surface area (Å²) in [5.74, 6) is 0.449. The minimum atomic E-state index is 0.00878. The first kappa shape index (κ1) is 20.1. The van der Waals surface area contributed by atoms with E-state index in [-0.39, 0.29) is 11.4 Å². The number of ether oxygens (including phenoxy) is 1. The van der Waals surface area contributed by atoms with E-state index in [1.807, 2.05) is 23.1 Å². The number of likely N-dealkylation sites (tertiary alicyclic amines) is 1. The number of likely N-dealkylation sites (N-methyl/N-ethyl adjacent to an activating group) is 1. The third kappa shape index (κ3) is 4.71. The number of piperazine rings is 1.